The molecule has 0 aliphatic carbocycles. The molecule has 0 saturated heterocycles. The van der Waals surface area contributed by atoms with Crippen molar-refractivity contribution in [3.8, 4) is 0 Å². The van der Waals surface area contributed by atoms with Crippen molar-refractivity contribution in [3.63, 3.8) is 0 Å². The molecule has 3 aromatic rings. The van der Waals surface area contributed by atoms with Gasteiger partial charge in [-0.25, -0.2) is 4.98 Å². The molecule has 0 saturated carbocycles. The first-order chi connectivity index (χ1) is 7.93. The Balaban J connectivity index is 2.04. The number of rotatable bonds is 2. The van der Waals surface area contributed by atoms with E-state index in [9.17, 15) is 0 Å². The van der Waals surface area contributed by atoms with E-state index in [-0.39, 0.29) is 0 Å². The minimum absolute atomic E-state index is 0.808. The number of anilines is 2. The molecule has 3 rings (SSSR count). The number of nitrogens with zero attached hydrogens (tertiary/aromatic N) is 3. The third kappa shape index (κ3) is 1.61. The van der Waals surface area contributed by atoms with Gasteiger partial charge in [-0.2, -0.15) is 8.75 Å². The van der Waals surface area contributed by atoms with Crippen molar-refractivity contribution in [1.29, 1.82) is 0 Å². The van der Waals surface area contributed by atoms with E-state index in [4.69, 9.17) is 0 Å². The monoisotopic (exact) mass is 228 g/mol. The molecule has 1 aromatic carbocycles. The summed E-state index contributed by atoms with van der Waals surface area (Å²) >= 11 is 1.22. The summed E-state index contributed by atoms with van der Waals surface area (Å²) in [7, 11) is 0. The van der Waals surface area contributed by atoms with Crippen LogP contribution < -0.4 is 5.32 Å². The Labute approximate surface area is 96.3 Å². The van der Waals surface area contributed by atoms with E-state index >= 15 is 0 Å². The Morgan fingerprint density at radius 3 is 2.88 bits per heavy atom. The van der Waals surface area contributed by atoms with Crippen LogP contribution in [0.15, 0.2) is 42.6 Å². The van der Waals surface area contributed by atoms with Gasteiger partial charge in [0, 0.05) is 6.20 Å². The zero-order valence-electron chi connectivity index (χ0n) is 8.29. The number of nitrogens with one attached hydrogen (secondary N) is 1. The molecule has 2 heterocycles. The second-order valence-corrected chi connectivity index (χ2v) is 3.81. The summed E-state index contributed by atoms with van der Waals surface area (Å²) in [6, 6.07) is 11.6. The number of pyridine rings is 1. The largest absolute Gasteiger partial charge is 0.338 e. The minimum Gasteiger partial charge on any atom is -0.338 e. The second-order valence-electron chi connectivity index (χ2n) is 3.28. The van der Waals surface area contributed by atoms with Crippen LogP contribution in [0.3, 0.4) is 0 Å². The molecule has 4 nitrogen and oxygen atoms in total. The summed E-state index contributed by atoms with van der Waals surface area (Å²) in [6.07, 6.45) is 1.75. The van der Waals surface area contributed by atoms with Gasteiger partial charge in [-0.05, 0) is 24.3 Å². The molecule has 0 aliphatic heterocycles. The molecule has 16 heavy (non-hydrogen) atoms. The van der Waals surface area contributed by atoms with Gasteiger partial charge >= 0.3 is 0 Å². The van der Waals surface area contributed by atoms with Crippen LogP contribution in [0.25, 0.3) is 11.0 Å². The Kier molecular flexibility index (Phi) is 2.23. The lowest BCUT2D eigenvalue weighted by atomic mass is 10.2. The number of aromatic nitrogens is 3. The quantitative estimate of drug-likeness (QED) is 0.732. The fourth-order valence-corrected chi connectivity index (χ4v) is 2.03. The first-order valence-corrected chi connectivity index (χ1v) is 5.56. The summed E-state index contributed by atoms with van der Waals surface area (Å²) in [5.41, 5.74) is 2.73. The highest BCUT2D eigenvalue weighted by Gasteiger charge is 2.04. The average Bonchev–Trinajstić information content (AvgIpc) is 2.80. The molecular formula is C11H8N4S. The number of hydrogen-bond acceptors (Lipinski definition) is 5. The van der Waals surface area contributed by atoms with Gasteiger partial charge in [0.05, 0.1) is 17.4 Å². The fourth-order valence-electron chi connectivity index (χ4n) is 1.48. The van der Waals surface area contributed by atoms with Crippen molar-refractivity contribution in [1.82, 2.24) is 13.7 Å². The normalized spacial score (nSPS) is 10.5. The van der Waals surface area contributed by atoms with E-state index in [1.165, 1.54) is 11.7 Å². The molecule has 0 atom stereocenters. The van der Waals surface area contributed by atoms with Crippen molar-refractivity contribution < 1.29 is 0 Å². The maximum atomic E-state index is 4.26. The number of fused-ring (bicyclic) bond motifs is 1. The molecule has 0 radical (unpaired) electrons. The molecule has 5 heteroatoms. The van der Waals surface area contributed by atoms with Crippen LogP contribution in [0.4, 0.5) is 11.5 Å². The van der Waals surface area contributed by atoms with Crippen LogP contribution in [-0.2, 0) is 0 Å². The van der Waals surface area contributed by atoms with E-state index in [1.807, 2.05) is 36.4 Å². The summed E-state index contributed by atoms with van der Waals surface area (Å²) in [4.78, 5) is 4.21. The molecular weight excluding hydrogens is 220 g/mol. The van der Waals surface area contributed by atoms with E-state index in [0.29, 0.717) is 0 Å². The van der Waals surface area contributed by atoms with Crippen LogP contribution >= 0.6 is 11.7 Å². The first-order valence-electron chi connectivity index (χ1n) is 4.83. The van der Waals surface area contributed by atoms with Gasteiger partial charge in [0.25, 0.3) is 0 Å². The standard InChI is InChI=1S/C11H8N4S/c1-2-7-12-10(6-1)13-8-4-3-5-9-11(8)15-16-14-9/h1-7H,(H,12,13). The van der Waals surface area contributed by atoms with Gasteiger partial charge in [0.2, 0.25) is 0 Å². The lowest BCUT2D eigenvalue weighted by Crippen LogP contribution is -1.93. The molecule has 0 unspecified atom stereocenters. The number of benzene rings is 1. The van der Waals surface area contributed by atoms with Gasteiger partial charge in [-0.1, -0.05) is 12.1 Å². The average molecular weight is 228 g/mol. The Hall–Kier alpha value is -2.01. The molecule has 0 spiro atoms. The summed E-state index contributed by atoms with van der Waals surface area (Å²) in [5, 5.41) is 3.23. The van der Waals surface area contributed by atoms with Gasteiger partial charge in [-0.3, -0.25) is 0 Å². The SMILES string of the molecule is c1ccc(Nc2cccc3nsnc23)nc1. The zero-order valence-corrected chi connectivity index (χ0v) is 9.11. The molecule has 2 aromatic heterocycles. The van der Waals surface area contributed by atoms with Gasteiger partial charge in [0.15, 0.2) is 0 Å². The molecule has 1 N–H and O–H groups in total. The third-order valence-corrected chi connectivity index (χ3v) is 2.76. The highest BCUT2D eigenvalue weighted by Crippen LogP contribution is 2.23. The lowest BCUT2D eigenvalue weighted by Gasteiger charge is -2.04. The molecule has 0 amide bonds. The fraction of sp³-hybridized carbons (Fsp3) is 0. The summed E-state index contributed by atoms with van der Waals surface area (Å²) < 4.78 is 8.45. The maximum Gasteiger partial charge on any atom is 0.130 e. The van der Waals surface area contributed by atoms with Crippen molar-refractivity contribution in [2.75, 3.05) is 5.32 Å². The van der Waals surface area contributed by atoms with Crippen LogP contribution in [0, 0.1) is 0 Å². The topological polar surface area (TPSA) is 50.7 Å². The van der Waals surface area contributed by atoms with Gasteiger partial charge in [-0.15, -0.1) is 0 Å². The van der Waals surface area contributed by atoms with Gasteiger partial charge < -0.3 is 5.32 Å². The van der Waals surface area contributed by atoms with E-state index < -0.39 is 0 Å². The van der Waals surface area contributed by atoms with Crippen LogP contribution in [0.5, 0.6) is 0 Å². The highest BCUT2D eigenvalue weighted by molar-refractivity contribution is 7.00. The van der Waals surface area contributed by atoms with Crippen LogP contribution in [-0.4, -0.2) is 13.7 Å². The van der Waals surface area contributed by atoms with E-state index in [1.54, 1.807) is 6.20 Å². The summed E-state index contributed by atoms with van der Waals surface area (Å²) in [5.74, 6) is 0.808. The molecule has 0 bridgehead atoms. The predicted molar refractivity (Wildman–Crippen MR) is 64.9 cm³/mol. The van der Waals surface area contributed by atoms with Crippen molar-refractivity contribution in [3.05, 3.63) is 42.6 Å². The zero-order chi connectivity index (χ0) is 10.8. The Morgan fingerprint density at radius 1 is 1.00 bits per heavy atom. The highest BCUT2D eigenvalue weighted by atomic mass is 32.1. The van der Waals surface area contributed by atoms with E-state index in [0.717, 1.165) is 22.5 Å². The predicted octanol–water partition coefficient (Wildman–Crippen LogP) is 2.83. The molecule has 0 fully saturated rings. The van der Waals surface area contributed by atoms with Gasteiger partial charge in [0.1, 0.15) is 16.9 Å². The smallest absolute Gasteiger partial charge is 0.130 e. The van der Waals surface area contributed by atoms with Crippen LogP contribution in [0.2, 0.25) is 0 Å². The Bertz CT molecular complexity index is 605. The van der Waals surface area contributed by atoms with Crippen molar-refractivity contribution in [2.24, 2.45) is 0 Å². The third-order valence-electron chi connectivity index (χ3n) is 2.21. The minimum atomic E-state index is 0.808. The maximum absolute atomic E-state index is 4.26. The second kappa shape index (κ2) is 3.86. The molecule has 78 valence electrons. The van der Waals surface area contributed by atoms with Crippen molar-refractivity contribution >= 4 is 34.3 Å². The lowest BCUT2D eigenvalue weighted by molar-refractivity contribution is 1.31. The van der Waals surface area contributed by atoms with E-state index in [2.05, 4.69) is 19.0 Å². The molecule has 0 aliphatic rings. The summed E-state index contributed by atoms with van der Waals surface area (Å²) in [6.45, 7) is 0. The first kappa shape index (κ1) is 9.23. The number of hydrogen-bond donors (Lipinski definition) is 1. The Morgan fingerprint density at radius 2 is 2.00 bits per heavy atom. The van der Waals surface area contributed by atoms with Crippen LogP contribution in [0.1, 0.15) is 0 Å². The van der Waals surface area contributed by atoms with Crippen molar-refractivity contribution in [2.45, 2.75) is 0 Å².